The maximum absolute atomic E-state index is 13.2. The fraction of sp³-hybridized carbons (Fsp3) is 0.455. The van der Waals surface area contributed by atoms with Crippen molar-refractivity contribution in [2.45, 2.75) is 18.9 Å². The Kier molecular flexibility index (Phi) is 3.63. The fourth-order valence-electron chi connectivity index (χ4n) is 1.58. The Labute approximate surface area is 96.6 Å². The van der Waals surface area contributed by atoms with Crippen LogP contribution in [0.25, 0.3) is 0 Å². The van der Waals surface area contributed by atoms with E-state index >= 15 is 0 Å². The molecule has 0 spiro atoms. The number of ether oxygens (including phenoxy) is 2. The summed E-state index contributed by atoms with van der Waals surface area (Å²) in [5.41, 5.74) is -0.427. The Balaban J connectivity index is 2.06. The summed E-state index contributed by atoms with van der Waals surface area (Å²) in [6.45, 7) is 1.01. The first kappa shape index (κ1) is 11.9. The number of aromatic nitrogens is 1. The van der Waals surface area contributed by atoms with Gasteiger partial charge in [0.2, 0.25) is 5.95 Å². The van der Waals surface area contributed by atoms with E-state index in [4.69, 9.17) is 9.47 Å². The van der Waals surface area contributed by atoms with Crippen LogP contribution in [0.5, 0.6) is 0 Å². The largest absolute Gasteiger partial charge is 0.459 e. The predicted octanol–water partition coefficient (Wildman–Crippen LogP) is 1.70. The highest BCUT2D eigenvalue weighted by Crippen LogP contribution is 2.15. The molecule has 0 atom stereocenters. The molecule has 4 nitrogen and oxygen atoms in total. The van der Waals surface area contributed by atoms with Gasteiger partial charge in [-0.1, -0.05) is 0 Å². The first-order chi connectivity index (χ1) is 8.18. The molecule has 0 amide bonds. The van der Waals surface area contributed by atoms with Gasteiger partial charge in [-0.2, -0.15) is 4.39 Å². The van der Waals surface area contributed by atoms with Gasteiger partial charge in [0.05, 0.1) is 13.2 Å². The van der Waals surface area contributed by atoms with Crippen LogP contribution < -0.4 is 0 Å². The van der Waals surface area contributed by atoms with Crippen LogP contribution in [-0.4, -0.2) is 30.3 Å². The number of hydrogen-bond donors (Lipinski definition) is 0. The zero-order chi connectivity index (χ0) is 12.3. The minimum absolute atomic E-state index is 0.299. The van der Waals surface area contributed by atoms with Crippen LogP contribution in [0.15, 0.2) is 12.3 Å². The van der Waals surface area contributed by atoms with E-state index in [0.29, 0.717) is 26.1 Å². The number of esters is 1. The summed E-state index contributed by atoms with van der Waals surface area (Å²) in [5.74, 6) is -3.44. The summed E-state index contributed by atoms with van der Waals surface area (Å²) in [5, 5.41) is 0. The summed E-state index contributed by atoms with van der Waals surface area (Å²) in [6, 6.07) is 1.10. The third kappa shape index (κ3) is 2.76. The van der Waals surface area contributed by atoms with Crippen molar-refractivity contribution in [3.8, 4) is 0 Å². The first-order valence-electron chi connectivity index (χ1n) is 5.27. The highest BCUT2D eigenvalue weighted by Gasteiger charge is 2.22. The molecule has 0 unspecified atom stereocenters. The van der Waals surface area contributed by atoms with Crippen molar-refractivity contribution in [2.24, 2.45) is 0 Å². The van der Waals surface area contributed by atoms with Crippen molar-refractivity contribution >= 4 is 5.97 Å². The minimum atomic E-state index is -1.30. The molecule has 6 heteroatoms. The average Bonchev–Trinajstić information content (AvgIpc) is 2.34. The van der Waals surface area contributed by atoms with Gasteiger partial charge in [0.15, 0.2) is 5.82 Å². The molecule has 1 aromatic heterocycles. The van der Waals surface area contributed by atoms with Crippen LogP contribution in [0.2, 0.25) is 0 Å². The summed E-state index contributed by atoms with van der Waals surface area (Å²) >= 11 is 0. The lowest BCUT2D eigenvalue weighted by molar-refractivity contribution is -0.0162. The number of halogens is 2. The molecule has 0 saturated carbocycles. The molecule has 0 N–H and O–H groups in total. The molecule has 0 radical (unpaired) electrons. The van der Waals surface area contributed by atoms with Crippen molar-refractivity contribution in [1.29, 1.82) is 0 Å². The zero-order valence-corrected chi connectivity index (χ0v) is 8.99. The molecule has 0 aromatic carbocycles. The van der Waals surface area contributed by atoms with Gasteiger partial charge in [-0.25, -0.2) is 14.2 Å². The van der Waals surface area contributed by atoms with Crippen LogP contribution in [0.4, 0.5) is 8.78 Å². The fourth-order valence-corrected chi connectivity index (χ4v) is 1.58. The van der Waals surface area contributed by atoms with Crippen molar-refractivity contribution < 1.29 is 23.0 Å². The highest BCUT2D eigenvalue weighted by atomic mass is 19.2. The Bertz CT molecular complexity index is 419. The number of rotatable bonds is 2. The molecule has 1 aromatic rings. The van der Waals surface area contributed by atoms with Gasteiger partial charge in [0.25, 0.3) is 0 Å². The standard InChI is InChI=1S/C11H11F2NO3/c12-9-8(1-4-14-10(9)13)11(15)17-7-2-5-16-6-3-7/h1,4,7H,2-3,5-6H2. The topological polar surface area (TPSA) is 48.4 Å². The summed E-state index contributed by atoms with van der Waals surface area (Å²) < 4.78 is 36.2. The molecule has 1 fully saturated rings. The molecule has 2 rings (SSSR count). The molecule has 0 bridgehead atoms. The summed E-state index contributed by atoms with van der Waals surface area (Å²) in [4.78, 5) is 14.7. The second kappa shape index (κ2) is 5.18. The van der Waals surface area contributed by atoms with Crippen molar-refractivity contribution in [3.63, 3.8) is 0 Å². The number of nitrogens with zero attached hydrogens (tertiary/aromatic N) is 1. The molecule has 92 valence electrons. The molecular weight excluding hydrogens is 232 g/mol. The lowest BCUT2D eigenvalue weighted by atomic mass is 10.1. The van der Waals surface area contributed by atoms with Crippen LogP contribution in [0, 0.1) is 11.8 Å². The van der Waals surface area contributed by atoms with Crippen LogP contribution >= 0.6 is 0 Å². The van der Waals surface area contributed by atoms with Gasteiger partial charge in [0, 0.05) is 19.0 Å². The van der Waals surface area contributed by atoms with E-state index in [1.807, 2.05) is 0 Å². The van der Waals surface area contributed by atoms with Crippen molar-refractivity contribution in [3.05, 3.63) is 29.6 Å². The van der Waals surface area contributed by atoms with E-state index in [9.17, 15) is 13.6 Å². The van der Waals surface area contributed by atoms with Crippen molar-refractivity contribution in [1.82, 2.24) is 4.98 Å². The number of carbonyl (C=O) groups is 1. The third-order valence-electron chi connectivity index (χ3n) is 2.51. The van der Waals surface area contributed by atoms with Gasteiger partial charge in [-0.3, -0.25) is 0 Å². The Morgan fingerprint density at radius 1 is 1.41 bits per heavy atom. The quantitative estimate of drug-likeness (QED) is 0.586. The average molecular weight is 243 g/mol. The normalized spacial score (nSPS) is 16.8. The second-order valence-electron chi connectivity index (χ2n) is 3.68. The third-order valence-corrected chi connectivity index (χ3v) is 2.51. The highest BCUT2D eigenvalue weighted by molar-refractivity contribution is 5.89. The van der Waals surface area contributed by atoms with Gasteiger partial charge in [0.1, 0.15) is 11.7 Å². The minimum Gasteiger partial charge on any atom is -0.459 e. The van der Waals surface area contributed by atoms with E-state index in [0.717, 1.165) is 12.3 Å². The first-order valence-corrected chi connectivity index (χ1v) is 5.27. The number of hydrogen-bond acceptors (Lipinski definition) is 4. The second-order valence-corrected chi connectivity index (χ2v) is 3.68. The van der Waals surface area contributed by atoms with E-state index in [2.05, 4.69) is 4.98 Å². The van der Waals surface area contributed by atoms with E-state index in [-0.39, 0.29) is 6.10 Å². The van der Waals surface area contributed by atoms with Crippen LogP contribution in [0.1, 0.15) is 23.2 Å². The smallest absolute Gasteiger partial charge is 0.341 e. The Morgan fingerprint density at radius 2 is 2.12 bits per heavy atom. The molecule has 17 heavy (non-hydrogen) atoms. The van der Waals surface area contributed by atoms with E-state index in [1.165, 1.54) is 0 Å². The lowest BCUT2D eigenvalue weighted by Gasteiger charge is -2.22. The van der Waals surface area contributed by atoms with Gasteiger partial charge < -0.3 is 9.47 Å². The Hall–Kier alpha value is -1.56. The monoisotopic (exact) mass is 243 g/mol. The molecule has 1 saturated heterocycles. The predicted molar refractivity (Wildman–Crippen MR) is 53.4 cm³/mol. The zero-order valence-electron chi connectivity index (χ0n) is 8.99. The van der Waals surface area contributed by atoms with E-state index in [1.54, 1.807) is 0 Å². The van der Waals surface area contributed by atoms with Crippen LogP contribution in [-0.2, 0) is 9.47 Å². The van der Waals surface area contributed by atoms with E-state index < -0.39 is 23.3 Å². The number of pyridine rings is 1. The molecule has 2 heterocycles. The van der Waals surface area contributed by atoms with Gasteiger partial charge >= 0.3 is 5.97 Å². The molecular formula is C11H11F2NO3. The molecule has 0 aliphatic carbocycles. The maximum Gasteiger partial charge on any atom is 0.341 e. The van der Waals surface area contributed by atoms with Crippen LogP contribution in [0.3, 0.4) is 0 Å². The SMILES string of the molecule is O=C(OC1CCOCC1)c1ccnc(F)c1F. The summed E-state index contributed by atoms with van der Waals surface area (Å²) in [7, 11) is 0. The lowest BCUT2D eigenvalue weighted by Crippen LogP contribution is -2.26. The van der Waals surface area contributed by atoms with Gasteiger partial charge in [-0.15, -0.1) is 0 Å². The van der Waals surface area contributed by atoms with Crippen molar-refractivity contribution in [2.75, 3.05) is 13.2 Å². The number of carbonyl (C=O) groups excluding carboxylic acids is 1. The Morgan fingerprint density at radius 3 is 2.82 bits per heavy atom. The molecule has 1 aliphatic rings. The maximum atomic E-state index is 13.2. The van der Waals surface area contributed by atoms with Gasteiger partial charge in [-0.05, 0) is 6.07 Å². The molecule has 1 aliphatic heterocycles. The summed E-state index contributed by atoms with van der Waals surface area (Å²) in [6.07, 6.45) is 1.87.